The molecule has 0 aromatic heterocycles. The number of hydrogen-bond donors (Lipinski definition) is 0. The van der Waals surface area contributed by atoms with E-state index in [1.54, 1.807) is 0 Å². The van der Waals surface area contributed by atoms with Gasteiger partial charge in [0.1, 0.15) is 11.9 Å². The van der Waals surface area contributed by atoms with E-state index in [4.69, 9.17) is 0 Å². The highest BCUT2D eigenvalue weighted by molar-refractivity contribution is 9.09. The zero-order valence-electron chi connectivity index (χ0n) is 9.51. The zero-order valence-corrected chi connectivity index (χ0v) is 11.1. The lowest BCUT2D eigenvalue weighted by Gasteiger charge is -2.01. The van der Waals surface area contributed by atoms with Crippen molar-refractivity contribution in [2.45, 2.75) is 6.42 Å². The second-order valence-electron chi connectivity index (χ2n) is 2.75. The molecule has 0 aliphatic heterocycles. The average Bonchev–Trinajstić information content (AvgIpc) is 2.35. The normalized spacial score (nSPS) is 9.89. The van der Waals surface area contributed by atoms with Crippen LogP contribution in [-0.2, 0) is 33.4 Å². The summed E-state index contributed by atoms with van der Waals surface area (Å²) in [6.07, 6.45) is 1.49. The van der Waals surface area contributed by atoms with Crippen LogP contribution >= 0.6 is 15.9 Å². The lowest BCUT2D eigenvalue weighted by Crippen LogP contribution is -2.15. The van der Waals surface area contributed by atoms with Gasteiger partial charge in [-0.3, -0.25) is 9.59 Å². The molecule has 100 valence electrons. The van der Waals surface area contributed by atoms with Crippen LogP contribution in [0.2, 0.25) is 0 Å². The lowest BCUT2D eigenvalue weighted by molar-refractivity contribution is -0.158. The summed E-state index contributed by atoms with van der Waals surface area (Å²) in [5.74, 6) is -3.03. The predicted molar refractivity (Wildman–Crippen MR) is 61.6 cm³/mol. The number of ether oxygens (including phenoxy) is 3. The van der Waals surface area contributed by atoms with Crippen LogP contribution in [0.5, 0.6) is 0 Å². The van der Waals surface area contributed by atoms with Gasteiger partial charge in [-0.15, -0.1) is 0 Å². The van der Waals surface area contributed by atoms with Crippen LogP contribution < -0.4 is 0 Å². The summed E-state index contributed by atoms with van der Waals surface area (Å²) in [4.78, 5) is 43.2. The highest BCUT2D eigenvalue weighted by atomic mass is 79.9. The minimum atomic E-state index is -0.806. The molecular weight excluding hydrogens is 312 g/mol. The second-order valence-corrected chi connectivity index (χ2v) is 3.31. The van der Waals surface area contributed by atoms with E-state index in [1.807, 2.05) is 0 Å². The average molecular weight is 323 g/mol. The maximum Gasteiger partial charge on any atom is 0.331 e. The topological polar surface area (TPSA) is 96.0 Å². The first kappa shape index (κ1) is 16.3. The summed E-state index contributed by atoms with van der Waals surface area (Å²) in [6, 6.07) is 0. The van der Waals surface area contributed by atoms with Crippen molar-refractivity contribution >= 4 is 39.8 Å². The largest absolute Gasteiger partial charge is 0.466 e. The van der Waals surface area contributed by atoms with Gasteiger partial charge in [0.25, 0.3) is 0 Å². The molecular formula is C10H11BrO7. The first-order valence-corrected chi connectivity index (χ1v) is 5.84. The monoisotopic (exact) mass is 322 g/mol. The first-order valence-electron chi connectivity index (χ1n) is 4.71. The van der Waals surface area contributed by atoms with Crippen molar-refractivity contribution in [2.75, 3.05) is 19.0 Å². The van der Waals surface area contributed by atoms with E-state index in [1.165, 1.54) is 0 Å². The molecule has 0 heterocycles. The van der Waals surface area contributed by atoms with Gasteiger partial charge in [-0.2, -0.15) is 0 Å². The molecule has 0 rings (SSSR count). The van der Waals surface area contributed by atoms with Crippen molar-refractivity contribution in [2.24, 2.45) is 0 Å². The summed E-state index contributed by atoms with van der Waals surface area (Å²) >= 11 is 2.81. The van der Waals surface area contributed by atoms with E-state index >= 15 is 0 Å². The first-order chi connectivity index (χ1) is 8.49. The quantitative estimate of drug-likeness (QED) is 0.225. The second kappa shape index (κ2) is 9.34. The molecule has 8 heteroatoms. The molecule has 0 aliphatic rings. The fraction of sp³-hybridized carbons (Fsp3) is 0.400. The third-order valence-electron chi connectivity index (χ3n) is 1.44. The van der Waals surface area contributed by atoms with E-state index in [9.17, 15) is 19.2 Å². The van der Waals surface area contributed by atoms with Gasteiger partial charge < -0.3 is 14.2 Å². The number of halogens is 1. The minimum Gasteiger partial charge on any atom is -0.466 e. The maximum atomic E-state index is 11.0. The number of methoxy groups -OCH3 is 1. The van der Waals surface area contributed by atoms with Gasteiger partial charge in [0, 0.05) is 12.2 Å². The Kier molecular flexibility index (Phi) is 8.46. The number of alkyl halides is 1. The van der Waals surface area contributed by atoms with Gasteiger partial charge in [-0.25, -0.2) is 9.59 Å². The standard InChI is InChI=1S/C10H11BrO7/c1-16-7(12)2-3-8(13)17-5-4-9(14)18-10(15)6-11/h2-3H,4-6H2,1H3/b3-2+. The Hall–Kier alpha value is -1.70. The molecule has 0 radical (unpaired) electrons. The minimum absolute atomic E-state index is 0.0968. The Morgan fingerprint density at radius 1 is 1.06 bits per heavy atom. The number of hydrogen-bond acceptors (Lipinski definition) is 7. The van der Waals surface area contributed by atoms with Crippen molar-refractivity contribution in [1.82, 2.24) is 0 Å². The highest BCUT2D eigenvalue weighted by Crippen LogP contribution is 1.93. The predicted octanol–water partition coefficient (Wildman–Crippen LogP) is 0.114. The van der Waals surface area contributed by atoms with E-state index in [2.05, 4.69) is 30.1 Å². The van der Waals surface area contributed by atoms with Crippen molar-refractivity contribution in [1.29, 1.82) is 0 Å². The molecule has 0 bridgehead atoms. The number of esters is 4. The molecule has 0 N–H and O–H groups in total. The van der Waals surface area contributed by atoms with Crippen molar-refractivity contribution in [3.8, 4) is 0 Å². The Bertz CT molecular complexity index is 361. The Morgan fingerprint density at radius 2 is 1.67 bits per heavy atom. The molecule has 0 amide bonds. The molecule has 0 spiro atoms. The molecule has 0 aliphatic carbocycles. The number of rotatable bonds is 6. The molecule has 0 aromatic rings. The molecule has 0 unspecified atom stereocenters. The van der Waals surface area contributed by atoms with Crippen molar-refractivity contribution < 1.29 is 33.4 Å². The van der Waals surface area contributed by atoms with Crippen LogP contribution in [0.1, 0.15) is 6.42 Å². The fourth-order valence-electron chi connectivity index (χ4n) is 0.692. The third-order valence-corrected chi connectivity index (χ3v) is 1.90. The van der Waals surface area contributed by atoms with Crippen LogP contribution in [0, 0.1) is 0 Å². The third kappa shape index (κ3) is 8.45. The summed E-state index contributed by atoms with van der Waals surface area (Å²) in [5, 5.41) is -0.0968. The number of carbonyl (C=O) groups is 4. The maximum absolute atomic E-state index is 11.0. The van der Waals surface area contributed by atoms with Gasteiger partial charge in [0.15, 0.2) is 0 Å². The Balaban J connectivity index is 3.81. The molecule has 0 atom stereocenters. The van der Waals surface area contributed by atoms with Gasteiger partial charge in [-0.05, 0) is 0 Å². The number of carbonyl (C=O) groups excluding carboxylic acids is 4. The lowest BCUT2D eigenvalue weighted by atomic mass is 10.4. The molecule has 0 aromatic carbocycles. The Labute approximate surface area is 111 Å². The van der Waals surface area contributed by atoms with E-state index < -0.39 is 23.9 Å². The fourth-order valence-corrected chi connectivity index (χ4v) is 0.807. The highest BCUT2D eigenvalue weighted by Gasteiger charge is 2.09. The summed E-state index contributed by atoms with van der Waals surface area (Å²) in [5.41, 5.74) is 0. The smallest absolute Gasteiger partial charge is 0.331 e. The van der Waals surface area contributed by atoms with Crippen LogP contribution in [0.4, 0.5) is 0 Å². The van der Waals surface area contributed by atoms with E-state index in [0.717, 1.165) is 19.3 Å². The molecule has 7 nitrogen and oxygen atoms in total. The SMILES string of the molecule is COC(=O)/C=C/C(=O)OCCC(=O)OC(=O)CBr. The summed E-state index contributed by atoms with van der Waals surface area (Å²) < 4.78 is 13.1. The molecule has 0 saturated carbocycles. The van der Waals surface area contributed by atoms with Crippen LogP contribution in [-0.4, -0.2) is 42.9 Å². The zero-order chi connectivity index (χ0) is 14.0. The molecule has 0 fully saturated rings. The summed E-state index contributed by atoms with van der Waals surface area (Å²) in [6.45, 7) is -0.251. The van der Waals surface area contributed by atoms with Gasteiger partial charge >= 0.3 is 23.9 Å². The van der Waals surface area contributed by atoms with Crippen LogP contribution in [0.3, 0.4) is 0 Å². The van der Waals surface area contributed by atoms with Gasteiger partial charge in [-0.1, -0.05) is 15.9 Å². The molecule has 0 saturated heterocycles. The molecule has 18 heavy (non-hydrogen) atoms. The summed E-state index contributed by atoms with van der Waals surface area (Å²) in [7, 11) is 1.16. The van der Waals surface area contributed by atoms with E-state index in [-0.39, 0.29) is 18.4 Å². The van der Waals surface area contributed by atoms with Crippen molar-refractivity contribution in [3.05, 3.63) is 12.2 Å². The van der Waals surface area contributed by atoms with E-state index in [0.29, 0.717) is 0 Å². The van der Waals surface area contributed by atoms with Crippen molar-refractivity contribution in [3.63, 3.8) is 0 Å². The van der Waals surface area contributed by atoms with Gasteiger partial charge in [0.05, 0.1) is 13.5 Å². The van der Waals surface area contributed by atoms with Crippen LogP contribution in [0.25, 0.3) is 0 Å². The van der Waals surface area contributed by atoms with Crippen LogP contribution in [0.15, 0.2) is 12.2 Å². The Morgan fingerprint density at radius 3 is 2.22 bits per heavy atom. The van der Waals surface area contributed by atoms with Gasteiger partial charge in [0.2, 0.25) is 0 Å².